The van der Waals surface area contributed by atoms with Crippen molar-refractivity contribution in [2.45, 2.75) is 70.6 Å². The first-order chi connectivity index (χ1) is 8.11. The summed E-state index contributed by atoms with van der Waals surface area (Å²) in [5.74, 6) is -0.560. The summed E-state index contributed by atoms with van der Waals surface area (Å²) < 4.78 is 5.49. The van der Waals surface area contributed by atoms with Gasteiger partial charge in [0.2, 0.25) is 0 Å². The summed E-state index contributed by atoms with van der Waals surface area (Å²) in [5.41, 5.74) is -1.05. The highest BCUT2D eigenvalue weighted by atomic mass is 16.5. The highest BCUT2D eigenvalue weighted by Gasteiger charge is 2.41. The summed E-state index contributed by atoms with van der Waals surface area (Å²) in [6.45, 7) is 6.62. The molecule has 5 atom stereocenters. The fraction of sp³-hybridized carbons (Fsp3) is 0.923. The molecule has 1 rings (SSSR count). The SMILES string of the molecule is CC1OC(C)C(CC(=O)CC(C)(C)O)C(O)C1O. The molecule has 0 spiro atoms. The maximum atomic E-state index is 11.8. The van der Waals surface area contributed by atoms with Crippen LogP contribution < -0.4 is 0 Å². The lowest BCUT2D eigenvalue weighted by molar-refractivity contribution is -0.191. The van der Waals surface area contributed by atoms with E-state index in [0.29, 0.717) is 0 Å². The number of aliphatic hydroxyl groups is 3. The molecule has 0 radical (unpaired) electrons. The van der Waals surface area contributed by atoms with Crippen molar-refractivity contribution in [3.05, 3.63) is 0 Å². The van der Waals surface area contributed by atoms with Gasteiger partial charge in [-0.15, -0.1) is 0 Å². The van der Waals surface area contributed by atoms with Gasteiger partial charge in [0.05, 0.1) is 23.9 Å². The van der Waals surface area contributed by atoms with Crippen LogP contribution in [0.5, 0.6) is 0 Å². The standard InChI is InChI=1S/C13H24O5/c1-7-10(5-9(14)6-13(3,4)17)12(16)11(15)8(2)18-7/h7-8,10-12,15-17H,5-6H2,1-4H3. The molecule has 0 aromatic rings. The lowest BCUT2D eigenvalue weighted by atomic mass is 9.82. The quantitative estimate of drug-likeness (QED) is 0.674. The van der Waals surface area contributed by atoms with E-state index < -0.39 is 29.8 Å². The average Bonchev–Trinajstić information content (AvgIpc) is 2.19. The Morgan fingerprint density at radius 1 is 1.17 bits per heavy atom. The minimum absolute atomic E-state index is 0.0363. The molecule has 1 saturated heterocycles. The van der Waals surface area contributed by atoms with Gasteiger partial charge < -0.3 is 20.1 Å². The first-order valence-electron chi connectivity index (χ1n) is 6.37. The van der Waals surface area contributed by atoms with Gasteiger partial charge in [0.1, 0.15) is 11.9 Å². The monoisotopic (exact) mass is 260 g/mol. The largest absolute Gasteiger partial charge is 0.390 e. The second-order valence-corrected chi connectivity index (χ2v) is 5.92. The van der Waals surface area contributed by atoms with Crippen LogP contribution in [0.2, 0.25) is 0 Å². The van der Waals surface area contributed by atoms with E-state index in [-0.39, 0.29) is 24.7 Å². The molecular weight excluding hydrogens is 236 g/mol. The van der Waals surface area contributed by atoms with Crippen LogP contribution >= 0.6 is 0 Å². The van der Waals surface area contributed by atoms with E-state index in [1.807, 2.05) is 0 Å². The van der Waals surface area contributed by atoms with Crippen molar-refractivity contribution in [1.29, 1.82) is 0 Å². The molecule has 0 saturated carbocycles. The molecule has 1 heterocycles. The van der Waals surface area contributed by atoms with E-state index >= 15 is 0 Å². The second kappa shape index (κ2) is 5.65. The summed E-state index contributed by atoms with van der Waals surface area (Å²) in [7, 11) is 0. The van der Waals surface area contributed by atoms with Gasteiger partial charge in [-0.1, -0.05) is 0 Å². The molecule has 1 aliphatic rings. The number of ether oxygens (including phenoxy) is 1. The molecular formula is C13H24O5. The molecule has 3 N–H and O–H groups in total. The van der Waals surface area contributed by atoms with Crippen molar-refractivity contribution in [2.75, 3.05) is 0 Å². The summed E-state index contributed by atoms with van der Waals surface area (Å²) in [4.78, 5) is 11.8. The summed E-state index contributed by atoms with van der Waals surface area (Å²) in [5, 5.41) is 29.3. The molecule has 0 aromatic carbocycles. The highest BCUT2D eigenvalue weighted by Crippen LogP contribution is 2.29. The lowest BCUT2D eigenvalue weighted by Crippen LogP contribution is -2.53. The summed E-state index contributed by atoms with van der Waals surface area (Å²) in [6, 6.07) is 0. The van der Waals surface area contributed by atoms with E-state index in [1.54, 1.807) is 27.7 Å². The fourth-order valence-electron chi connectivity index (χ4n) is 2.43. The van der Waals surface area contributed by atoms with Crippen LogP contribution in [0.15, 0.2) is 0 Å². The molecule has 18 heavy (non-hydrogen) atoms. The maximum Gasteiger partial charge on any atom is 0.136 e. The van der Waals surface area contributed by atoms with Crippen LogP contribution in [0.3, 0.4) is 0 Å². The topological polar surface area (TPSA) is 87.0 Å². The van der Waals surface area contributed by atoms with Gasteiger partial charge in [0, 0.05) is 18.8 Å². The number of aliphatic hydroxyl groups excluding tert-OH is 2. The van der Waals surface area contributed by atoms with Gasteiger partial charge in [0.15, 0.2) is 0 Å². The molecule has 106 valence electrons. The third kappa shape index (κ3) is 4.02. The Morgan fingerprint density at radius 3 is 2.22 bits per heavy atom. The molecule has 1 aliphatic heterocycles. The third-order valence-corrected chi connectivity index (χ3v) is 3.39. The third-order valence-electron chi connectivity index (χ3n) is 3.39. The van der Waals surface area contributed by atoms with Crippen LogP contribution in [0.4, 0.5) is 0 Å². The lowest BCUT2D eigenvalue weighted by Gasteiger charge is -2.40. The number of carbonyl (C=O) groups excluding carboxylic acids is 1. The van der Waals surface area contributed by atoms with Crippen molar-refractivity contribution >= 4 is 5.78 Å². The molecule has 5 unspecified atom stereocenters. The maximum absolute atomic E-state index is 11.8. The van der Waals surface area contributed by atoms with Crippen LogP contribution in [0.25, 0.3) is 0 Å². The average molecular weight is 260 g/mol. The Balaban J connectivity index is 2.62. The number of hydrogen-bond donors (Lipinski definition) is 3. The fourth-order valence-corrected chi connectivity index (χ4v) is 2.43. The number of Topliss-reactive ketones (excluding diaryl/α,β-unsaturated/α-hetero) is 1. The van der Waals surface area contributed by atoms with E-state index in [2.05, 4.69) is 0 Å². The predicted molar refractivity (Wildman–Crippen MR) is 66.1 cm³/mol. The summed E-state index contributed by atoms with van der Waals surface area (Å²) in [6.07, 6.45) is -2.51. The Morgan fingerprint density at radius 2 is 1.72 bits per heavy atom. The number of ketones is 1. The normalized spacial score (nSPS) is 37.6. The molecule has 5 nitrogen and oxygen atoms in total. The van der Waals surface area contributed by atoms with E-state index in [1.165, 1.54) is 0 Å². The first-order valence-corrected chi connectivity index (χ1v) is 6.37. The van der Waals surface area contributed by atoms with Gasteiger partial charge in [0.25, 0.3) is 0 Å². The molecule has 5 heteroatoms. The zero-order valence-corrected chi connectivity index (χ0v) is 11.5. The van der Waals surface area contributed by atoms with Crippen LogP contribution in [0, 0.1) is 5.92 Å². The van der Waals surface area contributed by atoms with Crippen LogP contribution in [-0.2, 0) is 9.53 Å². The Hall–Kier alpha value is -0.490. The first kappa shape index (κ1) is 15.6. The molecule has 0 aromatic heterocycles. The van der Waals surface area contributed by atoms with E-state index in [4.69, 9.17) is 4.74 Å². The Bertz CT molecular complexity index is 296. The van der Waals surface area contributed by atoms with Crippen LogP contribution in [-0.4, -0.2) is 51.1 Å². The minimum atomic E-state index is -1.05. The highest BCUT2D eigenvalue weighted by molar-refractivity contribution is 5.79. The van der Waals surface area contributed by atoms with Gasteiger partial charge in [-0.3, -0.25) is 4.79 Å². The van der Waals surface area contributed by atoms with Gasteiger partial charge in [-0.2, -0.15) is 0 Å². The Kier molecular flexibility index (Phi) is 4.89. The molecule has 0 bridgehead atoms. The zero-order chi connectivity index (χ0) is 14.1. The van der Waals surface area contributed by atoms with E-state index in [9.17, 15) is 20.1 Å². The second-order valence-electron chi connectivity index (χ2n) is 5.92. The van der Waals surface area contributed by atoms with Crippen molar-refractivity contribution in [1.82, 2.24) is 0 Å². The molecule has 0 aliphatic carbocycles. The number of rotatable bonds is 4. The number of hydrogen-bond acceptors (Lipinski definition) is 5. The zero-order valence-electron chi connectivity index (χ0n) is 11.5. The van der Waals surface area contributed by atoms with Crippen molar-refractivity contribution < 1.29 is 24.9 Å². The van der Waals surface area contributed by atoms with Gasteiger partial charge in [-0.25, -0.2) is 0 Å². The van der Waals surface area contributed by atoms with Crippen LogP contribution in [0.1, 0.15) is 40.5 Å². The van der Waals surface area contributed by atoms with Crippen molar-refractivity contribution in [3.8, 4) is 0 Å². The minimum Gasteiger partial charge on any atom is -0.390 e. The molecule has 0 amide bonds. The van der Waals surface area contributed by atoms with Crippen molar-refractivity contribution in [3.63, 3.8) is 0 Å². The van der Waals surface area contributed by atoms with Crippen molar-refractivity contribution in [2.24, 2.45) is 5.92 Å². The smallest absolute Gasteiger partial charge is 0.136 e. The summed E-state index contributed by atoms with van der Waals surface area (Å²) >= 11 is 0. The number of carbonyl (C=O) groups is 1. The molecule has 1 fully saturated rings. The van der Waals surface area contributed by atoms with Gasteiger partial charge >= 0.3 is 0 Å². The van der Waals surface area contributed by atoms with E-state index in [0.717, 1.165) is 0 Å². The Labute approximate surface area is 108 Å². The van der Waals surface area contributed by atoms with Gasteiger partial charge in [-0.05, 0) is 27.7 Å². The predicted octanol–water partition coefficient (Wildman–Crippen LogP) is 0.252.